The molecule has 4 aromatic rings. The van der Waals surface area contributed by atoms with Crippen LogP contribution in [0.5, 0.6) is 0 Å². The maximum absolute atomic E-state index is 13.8. The summed E-state index contributed by atoms with van der Waals surface area (Å²) in [6, 6.07) is 11.3. The summed E-state index contributed by atoms with van der Waals surface area (Å²) in [4.78, 5) is 50.9. The number of likely N-dealkylation sites (N-methyl/N-ethyl adjacent to an activating group) is 1. The number of hydrogen-bond donors (Lipinski definition) is 3. The molecule has 1 aliphatic heterocycles. The lowest BCUT2D eigenvalue weighted by Gasteiger charge is -2.21. The summed E-state index contributed by atoms with van der Waals surface area (Å²) >= 11 is 6.97. The number of aromatic nitrogens is 4. The highest BCUT2D eigenvalue weighted by Gasteiger charge is 2.26. The van der Waals surface area contributed by atoms with Gasteiger partial charge < -0.3 is 34.7 Å². The van der Waals surface area contributed by atoms with Crippen molar-refractivity contribution in [2.24, 2.45) is 20.0 Å². The molecule has 2 aliphatic rings. The Hall–Kier alpha value is -4.68. The molecule has 2 aromatic carbocycles. The van der Waals surface area contributed by atoms with E-state index in [0.717, 1.165) is 97.4 Å². The van der Waals surface area contributed by atoms with Gasteiger partial charge in [0.05, 0.1) is 22.1 Å². The summed E-state index contributed by atoms with van der Waals surface area (Å²) < 4.78 is 9.16. The predicted octanol–water partition coefficient (Wildman–Crippen LogP) is 7.46. The molecular formula is C41H53ClN8O4. The van der Waals surface area contributed by atoms with Crippen LogP contribution in [0, 0.1) is 12.8 Å². The molecule has 0 saturated heterocycles. The summed E-state index contributed by atoms with van der Waals surface area (Å²) in [5, 5.41) is 9.36. The van der Waals surface area contributed by atoms with Crippen LogP contribution in [0.1, 0.15) is 102 Å². The minimum absolute atomic E-state index is 0.273. The Labute approximate surface area is 323 Å². The van der Waals surface area contributed by atoms with Crippen LogP contribution in [-0.4, -0.2) is 67.6 Å². The van der Waals surface area contributed by atoms with Gasteiger partial charge in [-0.15, -0.1) is 0 Å². The van der Waals surface area contributed by atoms with E-state index in [4.69, 9.17) is 21.3 Å². The van der Waals surface area contributed by atoms with Crippen molar-refractivity contribution in [1.82, 2.24) is 29.3 Å². The first-order valence-electron chi connectivity index (χ1n) is 19.0. The van der Waals surface area contributed by atoms with Gasteiger partial charge in [-0.3, -0.25) is 9.59 Å². The van der Waals surface area contributed by atoms with Gasteiger partial charge in [-0.2, -0.15) is 0 Å². The number of nitrogens with zero attached hydrogens (tertiary/aromatic N) is 5. The average molecular weight is 757 g/mol. The fourth-order valence-corrected chi connectivity index (χ4v) is 7.92. The maximum Gasteiger partial charge on any atom is 0.407 e. The molecule has 1 unspecified atom stereocenters. The minimum atomic E-state index is -0.509. The third-order valence-electron chi connectivity index (χ3n) is 10.5. The van der Waals surface area contributed by atoms with Crippen LogP contribution in [0.3, 0.4) is 0 Å². The van der Waals surface area contributed by atoms with E-state index in [-0.39, 0.29) is 17.9 Å². The van der Waals surface area contributed by atoms with Crippen LogP contribution in [0.15, 0.2) is 36.4 Å². The molecule has 0 bridgehead atoms. The average Bonchev–Trinajstić information content (AvgIpc) is 3.59. The second kappa shape index (κ2) is 16.4. The molecule has 0 spiro atoms. The predicted molar refractivity (Wildman–Crippen MR) is 212 cm³/mol. The zero-order valence-corrected chi connectivity index (χ0v) is 33.3. The van der Waals surface area contributed by atoms with Crippen molar-refractivity contribution in [1.29, 1.82) is 0 Å². The number of alkyl carbamates (subject to hydrolysis) is 1. The van der Waals surface area contributed by atoms with E-state index in [9.17, 15) is 14.4 Å². The van der Waals surface area contributed by atoms with E-state index >= 15 is 0 Å². The summed E-state index contributed by atoms with van der Waals surface area (Å²) in [6.45, 7) is 9.75. The quantitative estimate of drug-likeness (QED) is 0.151. The highest BCUT2D eigenvalue weighted by molar-refractivity contribution is 6.36. The van der Waals surface area contributed by atoms with Gasteiger partial charge in [0, 0.05) is 62.8 Å². The number of carbonyl (C=O) groups excluding carboxylic acids is 3. The van der Waals surface area contributed by atoms with Crippen molar-refractivity contribution in [3.05, 3.63) is 81.4 Å². The number of nitrogens with one attached hydrogen (secondary N) is 3. The Morgan fingerprint density at radius 2 is 1.48 bits per heavy atom. The number of fused-ring (bicyclic) bond motifs is 2. The van der Waals surface area contributed by atoms with Gasteiger partial charge in [-0.25, -0.2) is 14.8 Å². The molecule has 2 aromatic heterocycles. The Morgan fingerprint density at radius 1 is 0.852 bits per heavy atom. The number of amides is 3. The van der Waals surface area contributed by atoms with E-state index in [1.54, 1.807) is 6.07 Å². The largest absolute Gasteiger partial charge is 0.444 e. The van der Waals surface area contributed by atoms with E-state index in [2.05, 4.69) is 25.8 Å². The molecule has 1 atom stereocenters. The summed E-state index contributed by atoms with van der Waals surface area (Å²) in [5.74, 6) is 0.681. The number of ether oxygens (including phenoxy) is 1. The fraction of sp³-hybridized carbons (Fsp3) is 0.488. The topological polar surface area (TPSA) is 135 Å². The van der Waals surface area contributed by atoms with Crippen molar-refractivity contribution in [3.8, 4) is 11.1 Å². The lowest BCUT2D eigenvalue weighted by Crippen LogP contribution is -2.33. The molecule has 288 valence electrons. The lowest BCUT2D eigenvalue weighted by molar-refractivity contribution is 0.0525. The zero-order valence-electron chi connectivity index (χ0n) is 32.6. The Kier molecular flexibility index (Phi) is 11.8. The van der Waals surface area contributed by atoms with Crippen LogP contribution in [0.2, 0.25) is 5.02 Å². The lowest BCUT2D eigenvalue weighted by atomic mass is 9.88. The molecule has 54 heavy (non-hydrogen) atoms. The van der Waals surface area contributed by atoms with E-state index in [1.807, 2.05) is 88.3 Å². The first-order valence-corrected chi connectivity index (χ1v) is 19.3. The van der Waals surface area contributed by atoms with Crippen molar-refractivity contribution >= 4 is 40.9 Å². The van der Waals surface area contributed by atoms with Gasteiger partial charge in [0.1, 0.15) is 5.60 Å². The molecule has 3 N–H and O–H groups in total. The second-order valence-electron chi connectivity index (χ2n) is 15.7. The summed E-state index contributed by atoms with van der Waals surface area (Å²) in [7, 11) is 5.85. The van der Waals surface area contributed by atoms with Crippen molar-refractivity contribution < 1.29 is 19.1 Å². The molecule has 6 rings (SSSR count). The van der Waals surface area contributed by atoms with Gasteiger partial charge in [-0.05, 0) is 102 Å². The monoisotopic (exact) mass is 756 g/mol. The molecular weight excluding hydrogens is 704 g/mol. The SMILES string of the molecule is Cc1c(NC(=O)c2nc3c(n2C)CCC(CCCNC(=O)OC(C)(C)C)CCC3)cccc1-c1cccc(NC(=O)c2nc3c(n2C)CCN(C)C3)c1Cl. The highest BCUT2D eigenvalue weighted by atomic mass is 35.5. The zero-order chi connectivity index (χ0) is 38.7. The van der Waals surface area contributed by atoms with Crippen molar-refractivity contribution in [2.75, 3.05) is 30.8 Å². The van der Waals surface area contributed by atoms with Crippen molar-refractivity contribution in [2.45, 2.75) is 91.2 Å². The van der Waals surface area contributed by atoms with E-state index < -0.39 is 5.60 Å². The number of hydrogen-bond acceptors (Lipinski definition) is 7. The van der Waals surface area contributed by atoms with E-state index in [0.29, 0.717) is 47.1 Å². The number of anilines is 2. The minimum Gasteiger partial charge on any atom is -0.444 e. The normalized spacial score (nSPS) is 16.1. The number of aryl methyl sites for hydroxylation is 1. The fourth-order valence-electron chi connectivity index (χ4n) is 7.65. The van der Waals surface area contributed by atoms with Crippen LogP contribution in [-0.2, 0) is 44.6 Å². The molecule has 1 aliphatic carbocycles. The van der Waals surface area contributed by atoms with Gasteiger partial charge in [0.25, 0.3) is 11.8 Å². The molecule has 3 amide bonds. The summed E-state index contributed by atoms with van der Waals surface area (Å²) in [6.07, 6.45) is 7.13. The third-order valence-corrected chi connectivity index (χ3v) is 10.9. The molecule has 0 radical (unpaired) electrons. The molecule has 12 nitrogen and oxygen atoms in total. The summed E-state index contributed by atoms with van der Waals surface area (Å²) in [5.41, 5.74) is 7.14. The van der Waals surface area contributed by atoms with Crippen LogP contribution < -0.4 is 16.0 Å². The van der Waals surface area contributed by atoms with E-state index in [1.165, 1.54) is 0 Å². The second-order valence-corrected chi connectivity index (χ2v) is 16.1. The smallest absolute Gasteiger partial charge is 0.407 e. The molecule has 0 fully saturated rings. The number of rotatable bonds is 9. The highest BCUT2D eigenvalue weighted by Crippen LogP contribution is 2.38. The maximum atomic E-state index is 13.8. The molecule has 3 heterocycles. The van der Waals surface area contributed by atoms with Gasteiger partial charge in [0.15, 0.2) is 11.6 Å². The van der Waals surface area contributed by atoms with Gasteiger partial charge in [-0.1, -0.05) is 42.3 Å². The molecule has 13 heteroatoms. The molecule has 0 saturated carbocycles. The first-order chi connectivity index (χ1) is 25.7. The van der Waals surface area contributed by atoms with Gasteiger partial charge >= 0.3 is 6.09 Å². The number of benzene rings is 2. The van der Waals surface area contributed by atoms with Crippen LogP contribution in [0.25, 0.3) is 11.1 Å². The van der Waals surface area contributed by atoms with Gasteiger partial charge in [0.2, 0.25) is 0 Å². The number of halogens is 1. The van der Waals surface area contributed by atoms with Crippen LogP contribution in [0.4, 0.5) is 16.2 Å². The Morgan fingerprint density at radius 3 is 2.19 bits per heavy atom. The van der Waals surface area contributed by atoms with Crippen molar-refractivity contribution in [3.63, 3.8) is 0 Å². The Balaban J connectivity index is 1.11. The number of imidazole rings is 2. The van der Waals surface area contributed by atoms with Crippen LogP contribution >= 0.6 is 11.6 Å². The third kappa shape index (κ3) is 8.81. The standard InChI is InChI=1S/C41H53ClN8O4/c1-25-27(28-15-10-18-31(35(28)42)47-39(52)37-45-32-24-48(5)23-21-34(32)50(37)7)14-9-16-29(25)46-38(51)36-44-30-17-8-12-26(19-20-33(30)49(36)6)13-11-22-43-40(53)54-41(2,3)4/h9-10,14-16,18,26H,8,11-13,17,19-24H2,1-7H3,(H,43,53)(H,46,51)(H,47,52). The Bertz CT molecular complexity index is 2040. The first kappa shape index (κ1) is 39.0. The number of carbonyl (C=O) groups is 3.